The van der Waals surface area contributed by atoms with Gasteiger partial charge in [0, 0.05) is 5.69 Å². The van der Waals surface area contributed by atoms with Crippen LogP contribution in [-0.2, 0) is 10.0 Å². The van der Waals surface area contributed by atoms with E-state index in [0.717, 1.165) is 5.56 Å². The van der Waals surface area contributed by atoms with Crippen LogP contribution in [0.4, 0.5) is 5.69 Å². The maximum atomic E-state index is 12.2. The Hall–Kier alpha value is -2.05. The standard InChI is InChI=1S/C14H13ClN2O3S/c1-9-2-5-11(6-3-9)21(19,20)17-10-4-7-13(15)12(8-10)14(16)18/h2-8,17H,1H3,(H2,16,18). The Balaban J connectivity index is 2.35. The molecular weight excluding hydrogens is 312 g/mol. The Morgan fingerprint density at radius 3 is 2.33 bits per heavy atom. The van der Waals surface area contributed by atoms with Gasteiger partial charge in [0.25, 0.3) is 10.0 Å². The molecule has 0 aliphatic heterocycles. The van der Waals surface area contributed by atoms with E-state index in [-0.39, 0.29) is 21.2 Å². The number of aryl methyl sites for hydroxylation is 1. The van der Waals surface area contributed by atoms with Gasteiger partial charge in [0.1, 0.15) is 0 Å². The number of carbonyl (C=O) groups excluding carboxylic acids is 1. The summed E-state index contributed by atoms with van der Waals surface area (Å²) in [6.45, 7) is 1.86. The minimum absolute atomic E-state index is 0.0563. The number of halogens is 1. The Labute approximate surface area is 127 Å². The molecule has 0 saturated carbocycles. The molecule has 110 valence electrons. The van der Waals surface area contributed by atoms with Gasteiger partial charge in [0.2, 0.25) is 5.91 Å². The molecule has 2 rings (SSSR count). The molecule has 2 aromatic rings. The van der Waals surface area contributed by atoms with Gasteiger partial charge in [-0.2, -0.15) is 0 Å². The molecule has 2 aromatic carbocycles. The van der Waals surface area contributed by atoms with E-state index in [9.17, 15) is 13.2 Å². The highest BCUT2D eigenvalue weighted by Crippen LogP contribution is 2.22. The zero-order valence-corrected chi connectivity index (χ0v) is 12.7. The molecule has 0 unspecified atom stereocenters. The summed E-state index contributed by atoms with van der Waals surface area (Å²) in [7, 11) is -3.73. The molecule has 0 aliphatic carbocycles. The summed E-state index contributed by atoms with van der Waals surface area (Å²) in [5.74, 6) is -0.726. The lowest BCUT2D eigenvalue weighted by molar-refractivity contribution is 0.100. The smallest absolute Gasteiger partial charge is 0.261 e. The molecular formula is C14H13ClN2O3S. The lowest BCUT2D eigenvalue weighted by Gasteiger charge is -2.10. The van der Waals surface area contributed by atoms with Gasteiger partial charge in [0.05, 0.1) is 15.5 Å². The second-order valence-electron chi connectivity index (χ2n) is 4.48. The van der Waals surface area contributed by atoms with E-state index < -0.39 is 15.9 Å². The highest BCUT2D eigenvalue weighted by molar-refractivity contribution is 7.92. The first-order chi connectivity index (χ1) is 9.79. The predicted octanol–water partition coefficient (Wildman–Crippen LogP) is 2.55. The van der Waals surface area contributed by atoms with Crippen molar-refractivity contribution in [1.29, 1.82) is 0 Å². The average Bonchev–Trinajstić information content (AvgIpc) is 2.41. The molecule has 0 aromatic heterocycles. The van der Waals surface area contributed by atoms with Crippen molar-refractivity contribution in [2.24, 2.45) is 5.73 Å². The van der Waals surface area contributed by atoms with Gasteiger partial charge in [-0.3, -0.25) is 9.52 Å². The minimum Gasteiger partial charge on any atom is -0.366 e. The van der Waals surface area contributed by atoms with Gasteiger partial charge in [0.15, 0.2) is 0 Å². The number of anilines is 1. The fourth-order valence-corrected chi connectivity index (χ4v) is 2.97. The van der Waals surface area contributed by atoms with E-state index in [1.54, 1.807) is 12.1 Å². The third-order valence-electron chi connectivity index (χ3n) is 2.82. The summed E-state index contributed by atoms with van der Waals surface area (Å²) < 4.78 is 26.8. The number of hydrogen-bond donors (Lipinski definition) is 2. The van der Waals surface area contributed by atoms with Gasteiger partial charge in [-0.05, 0) is 37.3 Å². The summed E-state index contributed by atoms with van der Waals surface area (Å²) in [4.78, 5) is 11.3. The summed E-state index contributed by atoms with van der Waals surface area (Å²) in [6.07, 6.45) is 0. The lowest BCUT2D eigenvalue weighted by atomic mass is 10.2. The number of carbonyl (C=O) groups is 1. The molecule has 0 bridgehead atoms. The maximum absolute atomic E-state index is 12.2. The molecule has 7 heteroatoms. The number of amides is 1. The number of sulfonamides is 1. The predicted molar refractivity (Wildman–Crippen MR) is 82.0 cm³/mol. The van der Waals surface area contributed by atoms with Crippen LogP contribution in [0.3, 0.4) is 0 Å². The second kappa shape index (κ2) is 5.75. The molecule has 0 aliphatic rings. The molecule has 0 heterocycles. The minimum atomic E-state index is -3.73. The first-order valence-corrected chi connectivity index (χ1v) is 7.84. The molecule has 0 atom stereocenters. The number of nitrogens with two attached hydrogens (primary N) is 1. The quantitative estimate of drug-likeness (QED) is 0.905. The fourth-order valence-electron chi connectivity index (χ4n) is 1.71. The summed E-state index contributed by atoms with van der Waals surface area (Å²) in [5, 5.41) is 0.167. The van der Waals surface area contributed by atoms with Gasteiger partial charge in [-0.25, -0.2) is 8.42 Å². The van der Waals surface area contributed by atoms with Crippen molar-refractivity contribution in [3.8, 4) is 0 Å². The van der Waals surface area contributed by atoms with Crippen molar-refractivity contribution in [2.75, 3.05) is 4.72 Å². The molecule has 0 spiro atoms. The maximum Gasteiger partial charge on any atom is 0.261 e. The average molecular weight is 325 g/mol. The zero-order chi connectivity index (χ0) is 15.6. The molecule has 21 heavy (non-hydrogen) atoms. The Bertz CT molecular complexity index is 786. The molecule has 0 saturated heterocycles. The van der Waals surface area contributed by atoms with Crippen LogP contribution in [0.2, 0.25) is 5.02 Å². The van der Waals surface area contributed by atoms with Gasteiger partial charge in [-0.1, -0.05) is 29.3 Å². The van der Waals surface area contributed by atoms with Crippen LogP contribution < -0.4 is 10.5 Å². The van der Waals surface area contributed by atoms with Crippen LogP contribution in [0.5, 0.6) is 0 Å². The Morgan fingerprint density at radius 2 is 1.76 bits per heavy atom. The zero-order valence-electron chi connectivity index (χ0n) is 11.1. The summed E-state index contributed by atoms with van der Waals surface area (Å²) in [5.41, 5.74) is 6.40. The number of rotatable bonds is 4. The Kier molecular flexibility index (Phi) is 4.20. The van der Waals surface area contributed by atoms with Crippen LogP contribution in [-0.4, -0.2) is 14.3 Å². The van der Waals surface area contributed by atoms with E-state index in [0.29, 0.717) is 0 Å². The normalized spacial score (nSPS) is 11.1. The number of primary amides is 1. The van der Waals surface area contributed by atoms with Crippen molar-refractivity contribution in [1.82, 2.24) is 0 Å². The third-order valence-corrected chi connectivity index (χ3v) is 4.54. The van der Waals surface area contributed by atoms with Crippen LogP contribution in [0.15, 0.2) is 47.4 Å². The first kappa shape index (κ1) is 15.3. The molecule has 1 amide bonds. The highest BCUT2D eigenvalue weighted by atomic mass is 35.5. The largest absolute Gasteiger partial charge is 0.366 e. The van der Waals surface area contributed by atoms with Gasteiger partial charge < -0.3 is 5.73 Å². The summed E-state index contributed by atoms with van der Waals surface area (Å²) in [6, 6.07) is 10.6. The van der Waals surface area contributed by atoms with Crippen molar-refractivity contribution < 1.29 is 13.2 Å². The van der Waals surface area contributed by atoms with E-state index in [1.165, 1.54) is 30.3 Å². The van der Waals surface area contributed by atoms with Crippen LogP contribution in [0.1, 0.15) is 15.9 Å². The van der Waals surface area contributed by atoms with Gasteiger partial charge >= 0.3 is 0 Å². The monoisotopic (exact) mass is 324 g/mol. The van der Waals surface area contributed by atoms with Crippen LogP contribution in [0, 0.1) is 6.92 Å². The van der Waals surface area contributed by atoms with Crippen molar-refractivity contribution in [2.45, 2.75) is 11.8 Å². The number of hydrogen-bond acceptors (Lipinski definition) is 3. The van der Waals surface area contributed by atoms with Gasteiger partial charge in [-0.15, -0.1) is 0 Å². The Morgan fingerprint density at radius 1 is 1.14 bits per heavy atom. The van der Waals surface area contributed by atoms with Crippen molar-refractivity contribution in [3.05, 3.63) is 58.6 Å². The first-order valence-electron chi connectivity index (χ1n) is 5.98. The third kappa shape index (κ3) is 3.53. The highest BCUT2D eigenvalue weighted by Gasteiger charge is 2.15. The van der Waals surface area contributed by atoms with Crippen LogP contribution in [0.25, 0.3) is 0 Å². The van der Waals surface area contributed by atoms with E-state index in [1.807, 2.05) is 6.92 Å². The molecule has 0 fully saturated rings. The summed E-state index contributed by atoms with van der Waals surface area (Å²) >= 11 is 5.82. The topological polar surface area (TPSA) is 89.3 Å². The van der Waals surface area contributed by atoms with E-state index in [2.05, 4.69) is 4.72 Å². The van der Waals surface area contributed by atoms with Crippen molar-refractivity contribution >= 4 is 33.2 Å². The van der Waals surface area contributed by atoms with Crippen molar-refractivity contribution in [3.63, 3.8) is 0 Å². The SMILES string of the molecule is Cc1ccc(S(=O)(=O)Nc2ccc(Cl)c(C(N)=O)c2)cc1. The van der Waals surface area contributed by atoms with Crippen LogP contribution >= 0.6 is 11.6 Å². The lowest BCUT2D eigenvalue weighted by Crippen LogP contribution is -2.15. The van der Waals surface area contributed by atoms with E-state index >= 15 is 0 Å². The molecule has 3 N–H and O–H groups in total. The second-order valence-corrected chi connectivity index (χ2v) is 6.57. The van der Waals surface area contributed by atoms with E-state index in [4.69, 9.17) is 17.3 Å². The molecule has 5 nitrogen and oxygen atoms in total. The fraction of sp³-hybridized carbons (Fsp3) is 0.0714. The number of nitrogens with one attached hydrogen (secondary N) is 1. The number of benzene rings is 2. The molecule has 0 radical (unpaired) electrons.